The van der Waals surface area contributed by atoms with Gasteiger partial charge in [0.2, 0.25) is 0 Å². The number of nitrogens with zero attached hydrogens (tertiary/aromatic N) is 2. The van der Waals surface area contributed by atoms with Crippen molar-refractivity contribution in [3.05, 3.63) is 60.3 Å². The van der Waals surface area contributed by atoms with Crippen molar-refractivity contribution >= 4 is 43.5 Å². The van der Waals surface area contributed by atoms with Gasteiger partial charge in [-0.1, -0.05) is 23.5 Å². The van der Waals surface area contributed by atoms with Crippen LogP contribution < -0.4 is 10.1 Å². The van der Waals surface area contributed by atoms with E-state index in [4.69, 9.17) is 4.74 Å². The molecule has 4 rings (SSSR count). The van der Waals surface area contributed by atoms with E-state index in [2.05, 4.69) is 15.3 Å². The van der Waals surface area contributed by atoms with Crippen LogP contribution in [0.5, 0.6) is 5.75 Å². The van der Waals surface area contributed by atoms with Crippen molar-refractivity contribution in [2.24, 2.45) is 0 Å². The lowest BCUT2D eigenvalue weighted by Crippen LogP contribution is -2.12. The number of amides is 1. The lowest BCUT2D eigenvalue weighted by Gasteiger charge is -2.05. The van der Waals surface area contributed by atoms with E-state index in [0.29, 0.717) is 17.3 Å². The quantitative estimate of drug-likeness (QED) is 0.589. The van der Waals surface area contributed by atoms with Crippen LogP contribution in [-0.4, -0.2) is 22.5 Å². The van der Waals surface area contributed by atoms with Crippen LogP contribution in [0.15, 0.2) is 54.7 Å². The molecule has 2 aromatic carbocycles. The van der Waals surface area contributed by atoms with E-state index in [-0.39, 0.29) is 5.91 Å². The number of rotatable bonds is 4. The largest absolute Gasteiger partial charge is 0.494 e. The standard InChI is InChI=1S/C19H15N3O2S/c1-2-24-12-8-9-16-17(11-12)25-19(21-16)22-18(23)14-5-3-7-15-13(14)6-4-10-20-15/h3-11H,2H2,1H3,(H,21,22,23). The van der Waals surface area contributed by atoms with Crippen LogP contribution >= 0.6 is 11.3 Å². The van der Waals surface area contributed by atoms with Crippen molar-refractivity contribution in [1.82, 2.24) is 9.97 Å². The van der Waals surface area contributed by atoms with Gasteiger partial charge in [-0.05, 0) is 43.3 Å². The molecule has 1 amide bonds. The highest BCUT2D eigenvalue weighted by atomic mass is 32.1. The third-order valence-corrected chi connectivity index (χ3v) is 4.72. The van der Waals surface area contributed by atoms with Crippen LogP contribution in [0.2, 0.25) is 0 Å². The number of aromatic nitrogens is 2. The van der Waals surface area contributed by atoms with Gasteiger partial charge < -0.3 is 4.74 Å². The lowest BCUT2D eigenvalue weighted by atomic mass is 10.1. The topological polar surface area (TPSA) is 64.1 Å². The molecule has 0 aliphatic carbocycles. The summed E-state index contributed by atoms with van der Waals surface area (Å²) in [5.74, 6) is 0.611. The molecule has 0 atom stereocenters. The molecule has 124 valence electrons. The third kappa shape index (κ3) is 3.04. The first-order valence-electron chi connectivity index (χ1n) is 7.93. The number of pyridine rings is 1. The summed E-state index contributed by atoms with van der Waals surface area (Å²) in [4.78, 5) is 21.4. The van der Waals surface area contributed by atoms with Crippen LogP contribution in [0.4, 0.5) is 5.13 Å². The third-order valence-electron chi connectivity index (χ3n) is 3.78. The fraction of sp³-hybridized carbons (Fsp3) is 0.105. The Bertz CT molecular complexity index is 1070. The number of thiazole rings is 1. The van der Waals surface area contributed by atoms with E-state index in [0.717, 1.165) is 26.9 Å². The Morgan fingerprint density at radius 2 is 2.08 bits per heavy atom. The summed E-state index contributed by atoms with van der Waals surface area (Å²) in [5.41, 5.74) is 2.21. The highest BCUT2D eigenvalue weighted by molar-refractivity contribution is 7.22. The van der Waals surface area contributed by atoms with E-state index >= 15 is 0 Å². The van der Waals surface area contributed by atoms with Gasteiger partial charge in [0.25, 0.3) is 5.91 Å². The van der Waals surface area contributed by atoms with Gasteiger partial charge >= 0.3 is 0 Å². The summed E-state index contributed by atoms with van der Waals surface area (Å²) in [6.45, 7) is 2.56. The summed E-state index contributed by atoms with van der Waals surface area (Å²) >= 11 is 1.43. The van der Waals surface area contributed by atoms with Gasteiger partial charge in [0.1, 0.15) is 5.75 Å². The second kappa shape index (κ2) is 6.49. The van der Waals surface area contributed by atoms with Crippen molar-refractivity contribution < 1.29 is 9.53 Å². The number of carbonyl (C=O) groups excluding carboxylic acids is 1. The Morgan fingerprint density at radius 3 is 2.96 bits per heavy atom. The highest BCUT2D eigenvalue weighted by Gasteiger charge is 2.13. The Balaban J connectivity index is 1.65. The number of hydrogen-bond acceptors (Lipinski definition) is 5. The summed E-state index contributed by atoms with van der Waals surface area (Å²) in [6.07, 6.45) is 1.72. The maximum atomic E-state index is 12.7. The van der Waals surface area contributed by atoms with Gasteiger partial charge in [0, 0.05) is 17.1 Å². The predicted molar refractivity (Wildman–Crippen MR) is 100 cm³/mol. The zero-order valence-electron chi connectivity index (χ0n) is 13.5. The Labute approximate surface area is 148 Å². The van der Waals surface area contributed by atoms with Crippen LogP contribution in [-0.2, 0) is 0 Å². The second-order valence-corrected chi connectivity index (χ2v) is 6.44. The number of carbonyl (C=O) groups is 1. The maximum Gasteiger partial charge on any atom is 0.258 e. The first-order chi connectivity index (χ1) is 12.2. The summed E-state index contributed by atoms with van der Waals surface area (Å²) < 4.78 is 6.48. The van der Waals surface area contributed by atoms with Crippen molar-refractivity contribution in [2.45, 2.75) is 6.92 Å². The first-order valence-corrected chi connectivity index (χ1v) is 8.75. The van der Waals surface area contributed by atoms with E-state index in [1.54, 1.807) is 12.3 Å². The molecule has 25 heavy (non-hydrogen) atoms. The van der Waals surface area contributed by atoms with Crippen molar-refractivity contribution in [3.63, 3.8) is 0 Å². The van der Waals surface area contributed by atoms with Gasteiger partial charge in [-0.25, -0.2) is 4.98 Å². The number of nitrogens with one attached hydrogen (secondary N) is 1. The molecular weight excluding hydrogens is 334 g/mol. The number of hydrogen-bond donors (Lipinski definition) is 1. The fourth-order valence-corrected chi connectivity index (χ4v) is 3.57. The number of ether oxygens (including phenoxy) is 1. The molecule has 2 heterocycles. The van der Waals surface area contributed by atoms with E-state index < -0.39 is 0 Å². The van der Waals surface area contributed by atoms with E-state index in [9.17, 15) is 4.79 Å². The average molecular weight is 349 g/mol. The molecule has 0 radical (unpaired) electrons. The van der Waals surface area contributed by atoms with Crippen molar-refractivity contribution in [1.29, 1.82) is 0 Å². The molecule has 0 saturated heterocycles. The van der Waals surface area contributed by atoms with Crippen LogP contribution in [0.1, 0.15) is 17.3 Å². The minimum atomic E-state index is -0.192. The Kier molecular flexibility index (Phi) is 4.03. The van der Waals surface area contributed by atoms with Crippen LogP contribution in [0, 0.1) is 0 Å². The molecule has 4 aromatic rings. The number of anilines is 1. The fourth-order valence-electron chi connectivity index (χ4n) is 2.68. The molecule has 0 aliphatic rings. The molecule has 6 heteroatoms. The molecule has 0 unspecified atom stereocenters. The number of fused-ring (bicyclic) bond motifs is 2. The van der Waals surface area contributed by atoms with Gasteiger partial charge in [0.05, 0.1) is 22.3 Å². The minimum Gasteiger partial charge on any atom is -0.494 e. The molecule has 2 aromatic heterocycles. The van der Waals surface area contributed by atoms with E-state index in [1.807, 2.05) is 49.4 Å². The minimum absolute atomic E-state index is 0.192. The molecular formula is C19H15N3O2S. The smallest absolute Gasteiger partial charge is 0.258 e. The normalized spacial score (nSPS) is 10.9. The maximum absolute atomic E-state index is 12.7. The van der Waals surface area contributed by atoms with Crippen LogP contribution in [0.25, 0.3) is 21.1 Å². The Hall–Kier alpha value is -2.99. The lowest BCUT2D eigenvalue weighted by molar-refractivity contribution is 0.102. The SMILES string of the molecule is CCOc1ccc2nc(NC(=O)c3cccc4ncccc34)sc2c1. The van der Waals surface area contributed by atoms with Gasteiger partial charge in [-0.15, -0.1) is 0 Å². The second-order valence-electron chi connectivity index (χ2n) is 5.41. The Morgan fingerprint density at radius 1 is 1.16 bits per heavy atom. The summed E-state index contributed by atoms with van der Waals surface area (Å²) in [6, 6.07) is 14.9. The molecule has 0 aliphatic heterocycles. The average Bonchev–Trinajstić information content (AvgIpc) is 3.03. The predicted octanol–water partition coefficient (Wildman–Crippen LogP) is 4.50. The van der Waals surface area contributed by atoms with E-state index in [1.165, 1.54) is 11.3 Å². The highest BCUT2D eigenvalue weighted by Crippen LogP contribution is 2.30. The van der Waals surface area contributed by atoms with Crippen molar-refractivity contribution in [2.75, 3.05) is 11.9 Å². The molecule has 0 spiro atoms. The van der Waals surface area contributed by atoms with Crippen LogP contribution in [0.3, 0.4) is 0 Å². The molecule has 0 saturated carbocycles. The van der Waals surface area contributed by atoms with Gasteiger partial charge in [-0.2, -0.15) is 0 Å². The number of benzene rings is 2. The summed E-state index contributed by atoms with van der Waals surface area (Å²) in [7, 11) is 0. The molecule has 0 bridgehead atoms. The van der Waals surface area contributed by atoms with Gasteiger partial charge in [-0.3, -0.25) is 15.1 Å². The van der Waals surface area contributed by atoms with Crippen molar-refractivity contribution in [3.8, 4) is 5.75 Å². The summed E-state index contributed by atoms with van der Waals surface area (Å²) in [5, 5.41) is 4.28. The monoisotopic (exact) mass is 349 g/mol. The van der Waals surface area contributed by atoms with Gasteiger partial charge in [0.15, 0.2) is 5.13 Å². The zero-order valence-corrected chi connectivity index (χ0v) is 14.3. The first kappa shape index (κ1) is 15.5. The zero-order chi connectivity index (χ0) is 17.2. The molecule has 5 nitrogen and oxygen atoms in total. The molecule has 1 N–H and O–H groups in total. The molecule has 0 fully saturated rings.